The van der Waals surface area contributed by atoms with E-state index in [9.17, 15) is 9.59 Å². The van der Waals surface area contributed by atoms with Gasteiger partial charge in [0, 0.05) is 30.5 Å². The minimum absolute atomic E-state index is 0.0216. The van der Waals surface area contributed by atoms with Crippen molar-refractivity contribution in [3.8, 4) is 0 Å². The van der Waals surface area contributed by atoms with Crippen molar-refractivity contribution < 1.29 is 9.59 Å². The SMILES string of the molecule is CC1=C2N(C)C(=O)CC[C@]2(C)[C@H]2CC[C@]3(C)[C@@H](C(=O)Nc4ncc5[nH]cnc5n4)CC[C@H]3[C@@H]2C1. The van der Waals surface area contributed by atoms with Crippen LogP contribution in [0.2, 0.25) is 0 Å². The molecule has 34 heavy (non-hydrogen) atoms. The molecule has 3 heterocycles. The number of imidazole rings is 1. The Hall–Kier alpha value is -2.77. The molecular weight excluding hydrogens is 428 g/mol. The lowest BCUT2D eigenvalue weighted by molar-refractivity contribution is -0.137. The number of allylic oxidation sites excluding steroid dienone is 2. The van der Waals surface area contributed by atoms with Crippen molar-refractivity contribution in [1.82, 2.24) is 24.8 Å². The summed E-state index contributed by atoms with van der Waals surface area (Å²) in [6.45, 7) is 6.97. The van der Waals surface area contributed by atoms with E-state index in [2.05, 4.69) is 46.0 Å². The van der Waals surface area contributed by atoms with Crippen LogP contribution in [0.5, 0.6) is 0 Å². The Morgan fingerprint density at radius 2 is 2.00 bits per heavy atom. The maximum absolute atomic E-state index is 13.5. The topological polar surface area (TPSA) is 104 Å². The predicted octanol–water partition coefficient (Wildman–Crippen LogP) is 4.29. The lowest BCUT2D eigenvalue weighted by atomic mass is 9.48. The number of piperidine rings is 1. The normalized spacial score (nSPS) is 37.4. The second kappa shape index (κ2) is 7.36. The Morgan fingerprint density at radius 3 is 2.82 bits per heavy atom. The summed E-state index contributed by atoms with van der Waals surface area (Å²) in [6, 6.07) is 0. The maximum atomic E-state index is 13.5. The van der Waals surface area contributed by atoms with Gasteiger partial charge in [0.25, 0.3) is 0 Å². The molecule has 3 aliphatic carbocycles. The summed E-state index contributed by atoms with van der Waals surface area (Å²) in [5.41, 5.74) is 4.01. The first-order valence-corrected chi connectivity index (χ1v) is 12.7. The summed E-state index contributed by atoms with van der Waals surface area (Å²) < 4.78 is 0. The molecule has 0 radical (unpaired) electrons. The van der Waals surface area contributed by atoms with Gasteiger partial charge in [0.1, 0.15) is 5.52 Å². The number of hydrogen-bond donors (Lipinski definition) is 2. The summed E-state index contributed by atoms with van der Waals surface area (Å²) in [4.78, 5) is 43.8. The number of carbonyl (C=O) groups is 2. The Morgan fingerprint density at radius 1 is 1.18 bits per heavy atom. The molecule has 0 aromatic carbocycles. The van der Waals surface area contributed by atoms with Crippen molar-refractivity contribution in [2.75, 3.05) is 12.4 Å². The van der Waals surface area contributed by atoms with Gasteiger partial charge in [0.05, 0.1) is 12.5 Å². The number of H-pyrrole nitrogens is 1. The van der Waals surface area contributed by atoms with E-state index in [4.69, 9.17) is 0 Å². The smallest absolute Gasteiger partial charge is 0.231 e. The monoisotopic (exact) mass is 462 g/mol. The zero-order valence-corrected chi connectivity index (χ0v) is 20.5. The number of nitrogens with zero attached hydrogens (tertiary/aromatic N) is 4. The van der Waals surface area contributed by atoms with Gasteiger partial charge in [0.2, 0.25) is 17.8 Å². The quantitative estimate of drug-likeness (QED) is 0.693. The third-order valence-electron chi connectivity index (χ3n) is 10.0. The number of aromatic nitrogens is 4. The summed E-state index contributed by atoms with van der Waals surface area (Å²) in [6.07, 6.45) is 10.0. The number of aromatic amines is 1. The molecule has 1 saturated heterocycles. The van der Waals surface area contributed by atoms with E-state index in [0.29, 0.717) is 35.8 Å². The molecule has 8 heteroatoms. The molecule has 3 fully saturated rings. The maximum Gasteiger partial charge on any atom is 0.231 e. The molecule has 2 aromatic heterocycles. The Labute approximate surface area is 200 Å². The Balaban J connectivity index is 1.26. The number of hydrogen-bond acceptors (Lipinski definition) is 5. The number of anilines is 1. The van der Waals surface area contributed by atoms with Crippen LogP contribution in [0.1, 0.15) is 65.7 Å². The first kappa shape index (κ1) is 21.7. The van der Waals surface area contributed by atoms with Crippen molar-refractivity contribution in [2.45, 2.75) is 65.7 Å². The molecule has 2 aromatic rings. The van der Waals surface area contributed by atoms with Gasteiger partial charge in [-0.1, -0.05) is 19.4 Å². The molecule has 2 saturated carbocycles. The van der Waals surface area contributed by atoms with Gasteiger partial charge >= 0.3 is 0 Å². The predicted molar refractivity (Wildman–Crippen MR) is 128 cm³/mol. The highest BCUT2D eigenvalue weighted by Crippen LogP contribution is 2.66. The number of fused-ring (bicyclic) bond motifs is 6. The van der Waals surface area contributed by atoms with E-state index in [1.165, 1.54) is 11.3 Å². The number of nitrogens with one attached hydrogen (secondary N) is 2. The highest BCUT2D eigenvalue weighted by molar-refractivity contribution is 5.92. The minimum atomic E-state index is -0.0361. The third-order valence-corrected chi connectivity index (χ3v) is 10.0. The highest BCUT2D eigenvalue weighted by atomic mass is 16.2. The molecule has 0 bridgehead atoms. The van der Waals surface area contributed by atoms with Gasteiger partial charge in [0.15, 0.2) is 5.65 Å². The fourth-order valence-corrected chi connectivity index (χ4v) is 8.53. The molecule has 6 rings (SSSR count). The van der Waals surface area contributed by atoms with Crippen LogP contribution in [0, 0.1) is 34.5 Å². The summed E-state index contributed by atoms with van der Waals surface area (Å²) in [5.74, 6) is 2.25. The van der Waals surface area contributed by atoms with Crippen molar-refractivity contribution in [1.29, 1.82) is 0 Å². The third kappa shape index (κ3) is 2.93. The second-order valence-electron chi connectivity index (χ2n) is 11.6. The number of carbonyl (C=O) groups excluding carboxylic acids is 2. The van der Waals surface area contributed by atoms with Crippen LogP contribution in [0.15, 0.2) is 23.8 Å². The van der Waals surface area contributed by atoms with E-state index in [0.717, 1.165) is 44.0 Å². The zero-order valence-electron chi connectivity index (χ0n) is 20.5. The van der Waals surface area contributed by atoms with E-state index >= 15 is 0 Å². The van der Waals surface area contributed by atoms with Crippen LogP contribution in [0.25, 0.3) is 11.2 Å². The van der Waals surface area contributed by atoms with Crippen LogP contribution in [-0.4, -0.2) is 43.7 Å². The Kier molecular flexibility index (Phi) is 4.71. The molecule has 2 amide bonds. The molecule has 180 valence electrons. The average Bonchev–Trinajstić information content (AvgIpc) is 3.40. The van der Waals surface area contributed by atoms with E-state index in [-0.39, 0.29) is 28.6 Å². The van der Waals surface area contributed by atoms with Gasteiger partial charge in [-0.3, -0.25) is 14.9 Å². The number of rotatable bonds is 2. The van der Waals surface area contributed by atoms with Gasteiger partial charge < -0.3 is 9.88 Å². The van der Waals surface area contributed by atoms with Crippen LogP contribution in [0.3, 0.4) is 0 Å². The minimum Gasteiger partial charge on any atom is -0.342 e. The van der Waals surface area contributed by atoms with Crippen LogP contribution in [0.4, 0.5) is 5.95 Å². The fraction of sp³-hybridized carbons (Fsp3) is 0.654. The van der Waals surface area contributed by atoms with Crippen molar-refractivity contribution >= 4 is 28.9 Å². The molecule has 2 N–H and O–H groups in total. The zero-order chi connectivity index (χ0) is 23.8. The van der Waals surface area contributed by atoms with Gasteiger partial charge in [-0.15, -0.1) is 0 Å². The molecule has 4 aliphatic rings. The van der Waals surface area contributed by atoms with Gasteiger partial charge in [-0.2, -0.15) is 4.98 Å². The van der Waals surface area contributed by atoms with Gasteiger partial charge in [-0.25, -0.2) is 9.97 Å². The van der Waals surface area contributed by atoms with Crippen molar-refractivity contribution in [3.05, 3.63) is 23.8 Å². The standard InChI is InChI=1S/C26H34N6O2/c1-14-11-15-16-5-6-18(23(34)31-24-27-12-19-22(30-24)29-13-28-19)25(16,2)9-7-17(15)26(3)10-8-20(33)32(4)21(14)26/h12-13,15-18H,5-11H2,1-4H3,(H2,27,28,29,30,31,34)/t15-,16-,17-,18+,25-,26+/m0/s1. The summed E-state index contributed by atoms with van der Waals surface area (Å²) >= 11 is 0. The highest BCUT2D eigenvalue weighted by Gasteiger charge is 2.61. The van der Waals surface area contributed by atoms with Crippen molar-refractivity contribution in [2.24, 2.45) is 34.5 Å². The average molecular weight is 463 g/mol. The van der Waals surface area contributed by atoms with E-state index < -0.39 is 0 Å². The van der Waals surface area contributed by atoms with Gasteiger partial charge in [-0.05, 0) is 68.6 Å². The lowest BCUT2D eigenvalue weighted by Gasteiger charge is -2.59. The second-order valence-corrected chi connectivity index (χ2v) is 11.6. The summed E-state index contributed by atoms with van der Waals surface area (Å²) in [7, 11) is 1.96. The van der Waals surface area contributed by atoms with E-state index in [1.807, 2.05) is 11.9 Å². The Bertz CT molecular complexity index is 1220. The van der Waals surface area contributed by atoms with Crippen LogP contribution >= 0.6 is 0 Å². The molecular formula is C26H34N6O2. The molecule has 8 nitrogen and oxygen atoms in total. The van der Waals surface area contributed by atoms with Crippen LogP contribution in [-0.2, 0) is 9.59 Å². The number of amides is 2. The fourth-order valence-electron chi connectivity index (χ4n) is 8.53. The largest absolute Gasteiger partial charge is 0.342 e. The summed E-state index contributed by atoms with van der Waals surface area (Å²) in [5, 5.41) is 3.00. The molecule has 0 unspecified atom stereocenters. The van der Waals surface area contributed by atoms with E-state index in [1.54, 1.807) is 12.5 Å². The molecule has 6 atom stereocenters. The van der Waals surface area contributed by atoms with Crippen LogP contribution < -0.4 is 5.32 Å². The first-order valence-electron chi connectivity index (χ1n) is 12.7. The molecule has 1 aliphatic heterocycles. The lowest BCUT2D eigenvalue weighted by Crippen LogP contribution is -2.54. The number of likely N-dealkylation sites (tertiary alicyclic amines) is 1. The van der Waals surface area contributed by atoms with Crippen molar-refractivity contribution in [3.63, 3.8) is 0 Å². The molecule has 0 spiro atoms. The first-order chi connectivity index (χ1) is 16.2.